The number of anilines is 1. The number of imide groups is 2. The number of aromatic nitrogens is 3. The van der Waals surface area contributed by atoms with Gasteiger partial charge < -0.3 is 14.9 Å². The van der Waals surface area contributed by atoms with E-state index in [9.17, 15) is 45.9 Å². The molecule has 7 aliphatic rings. The largest absolute Gasteiger partial charge is 0.388 e. The minimum absolute atomic E-state index is 0.0620. The Balaban J connectivity index is 0.701. The van der Waals surface area contributed by atoms with E-state index in [4.69, 9.17) is 0 Å². The zero-order valence-electron chi connectivity index (χ0n) is 36.4. The fourth-order valence-electron chi connectivity index (χ4n) is 11.8. The molecule has 65 heavy (non-hydrogen) atoms. The van der Waals surface area contributed by atoms with Crippen LogP contribution >= 0.6 is 0 Å². The second-order valence-corrected chi connectivity index (χ2v) is 23.3. The number of rotatable bonds is 9. The predicted octanol–water partition coefficient (Wildman–Crippen LogP) is 1.65. The summed E-state index contributed by atoms with van der Waals surface area (Å²) in [6, 6.07) is 6.40. The molecular weight excluding hydrogens is 879 g/mol. The number of hydrogen-bond acceptors (Lipinski definition) is 14. The summed E-state index contributed by atoms with van der Waals surface area (Å²) in [4.78, 5) is 78.5. The first-order chi connectivity index (χ1) is 30.9. The lowest BCUT2D eigenvalue weighted by Gasteiger charge is -2.56. The predicted molar refractivity (Wildman–Crippen MR) is 236 cm³/mol. The van der Waals surface area contributed by atoms with Crippen LogP contribution in [0, 0.1) is 5.41 Å². The van der Waals surface area contributed by atoms with Crippen molar-refractivity contribution in [3.05, 3.63) is 58.0 Å². The number of nitrogens with one attached hydrogen (secondary N) is 2. The molecule has 0 radical (unpaired) electrons. The lowest BCUT2D eigenvalue weighted by molar-refractivity contribution is -0.136. The fourth-order valence-corrected chi connectivity index (χ4v) is 15.0. The lowest BCUT2D eigenvalue weighted by atomic mass is 9.59. The van der Waals surface area contributed by atoms with Crippen molar-refractivity contribution in [1.29, 1.82) is 0 Å². The average Bonchev–Trinajstić information content (AvgIpc) is 3.75. The van der Waals surface area contributed by atoms with Gasteiger partial charge in [-0.1, -0.05) is 6.07 Å². The number of carbonyl (C=O) groups is 4. The third-order valence-corrected chi connectivity index (χ3v) is 19.3. The van der Waals surface area contributed by atoms with Gasteiger partial charge in [0, 0.05) is 62.3 Å². The van der Waals surface area contributed by atoms with E-state index >= 15 is 0 Å². The number of nitrogens with zero attached hydrogens (tertiary/aromatic N) is 7. The van der Waals surface area contributed by atoms with Gasteiger partial charge in [-0.25, -0.2) is 30.8 Å². The SMILES string of the molecule is C[C@@]1(O)CCC[C@H]1n1c(=O)ccc2cnc(S(=O)(=O)NC3CCN(S(=O)(=O)C4CCN(C5CC6(CCN(c7cccc8c7C(=O)N(C7CCC(=O)NC7=O)C8=O)CC6)C5)CC4)CC3)nc21. The molecule has 0 bridgehead atoms. The van der Waals surface area contributed by atoms with Crippen LogP contribution in [0.15, 0.2) is 46.5 Å². The number of carbonyl (C=O) groups excluding carboxylic acids is 4. The molecule has 19 nitrogen and oxygen atoms in total. The van der Waals surface area contributed by atoms with Crippen molar-refractivity contribution < 1.29 is 41.1 Å². The minimum Gasteiger partial charge on any atom is -0.388 e. The summed E-state index contributed by atoms with van der Waals surface area (Å²) in [6.07, 6.45) is 8.78. The Hall–Kier alpha value is -4.67. The van der Waals surface area contributed by atoms with Gasteiger partial charge in [-0.05, 0) is 121 Å². The second kappa shape index (κ2) is 16.3. The van der Waals surface area contributed by atoms with Crippen LogP contribution in [0.3, 0.4) is 0 Å². The summed E-state index contributed by atoms with van der Waals surface area (Å²) in [5, 5.41) is 12.7. The Morgan fingerprint density at radius 1 is 0.831 bits per heavy atom. The number of benzene rings is 1. The second-order valence-electron chi connectivity index (χ2n) is 19.5. The van der Waals surface area contributed by atoms with Crippen LogP contribution in [0.5, 0.6) is 0 Å². The van der Waals surface area contributed by atoms with Gasteiger partial charge in [-0.2, -0.15) is 4.98 Å². The maximum atomic E-state index is 13.9. The molecule has 1 unspecified atom stereocenters. The Labute approximate surface area is 377 Å². The molecule has 2 saturated carbocycles. The first-order valence-corrected chi connectivity index (χ1v) is 25.9. The van der Waals surface area contributed by atoms with Gasteiger partial charge in [0.05, 0.1) is 33.7 Å². The standard InChI is InChI=1S/C44H55N9O10S2/c1-43(59)15-3-6-34(43)53-36(55)10-7-27-26-45-42(47-38(27)53)64(60,61)48-28-11-20-51(21-12-28)65(62,63)30-13-18-49(19-14-30)29-24-44(25-29)16-22-50(23-17-44)32-5-2-4-31-37(32)41(58)52(40(31)57)33-8-9-35(54)46-39(33)56/h2,4-5,7,10,26,28-30,33-34,48,59H,3,6,8-9,11-25H2,1H3,(H,46,54,56)/t33?,34-,43-/m1/s1. The molecule has 3 atom stereocenters. The number of amides is 4. The van der Waals surface area contributed by atoms with Crippen LogP contribution < -0.4 is 20.5 Å². The van der Waals surface area contributed by atoms with Crippen LogP contribution in [0.4, 0.5) is 5.69 Å². The highest BCUT2D eigenvalue weighted by atomic mass is 32.2. The summed E-state index contributed by atoms with van der Waals surface area (Å²) in [5.74, 6) is -2.06. The van der Waals surface area contributed by atoms with Crippen molar-refractivity contribution in [1.82, 2.24) is 38.7 Å². The molecule has 10 rings (SSSR count). The average molecular weight is 934 g/mol. The highest BCUT2D eigenvalue weighted by Crippen LogP contribution is 2.52. The van der Waals surface area contributed by atoms with Gasteiger partial charge in [-0.15, -0.1) is 0 Å². The van der Waals surface area contributed by atoms with Crippen molar-refractivity contribution in [2.75, 3.05) is 44.2 Å². The molecule has 348 valence electrons. The summed E-state index contributed by atoms with van der Waals surface area (Å²) < 4.78 is 60.5. The molecule has 6 fully saturated rings. The molecule has 4 saturated heterocycles. The topological polar surface area (TPSA) is 242 Å². The Morgan fingerprint density at radius 3 is 2.23 bits per heavy atom. The van der Waals surface area contributed by atoms with Crippen LogP contribution in [0.2, 0.25) is 0 Å². The zero-order chi connectivity index (χ0) is 45.6. The normalized spacial score (nSPS) is 27.7. The number of piperidine rings is 4. The molecule has 2 aliphatic carbocycles. The first-order valence-electron chi connectivity index (χ1n) is 22.9. The lowest BCUT2D eigenvalue weighted by Crippen LogP contribution is -2.58. The first kappa shape index (κ1) is 44.2. The van der Waals surface area contributed by atoms with Crippen LogP contribution in [-0.2, 0) is 29.6 Å². The van der Waals surface area contributed by atoms with Crippen molar-refractivity contribution in [3.8, 4) is 0 Å². The number of hydrogen-bond donors (Lipinski definition) is 3. The van der Waals surface area contributed by atoms with E-state index in [1.54, 1.807) is 19.1 Å². The molecule has 7 heterocycles. The third-order valence-electron chi connectivity index (χ3n) is 15.6. The van der Waals surface area contributed by atoms with Gasteiger partial charge in [0.25, 0.3) is 32.6 Å². The van der Waals surface area contributed by atoms with Crippen LogP contribution in [0.1, 0.15) is 117 Å². The molecule has 4 amide bonds. The highest BCUT2D eigenvalue weighted by Gasteiger charge is 2.51. The van der Waals surface area contributed by atoms with Gasteiger partial charge in [0.2, 0.25) is 21.8 Å². The van der Waals surface area contributed by atoms with Crippen LogP contribution in [0.25, 0.3) is 11.0 Å². The van der Waals surface area contributed by atoms with E-state index in [0.717, 1.165) is 30.6 Å². The Bertz CT molecular complexity index is 2750. The van der Waals surface area contributed by atoms with E-state index in [-0.39, 0.29) is 61.0 Å². The van der Waals surface area contributed by atoms with Crippen molar-refractivity contribution in [3.63, 3.8) is 0 Å². The molecule has 1 aromatic carbocycles. The van der Waals surface area contributed by atoms with E-state index in [2.05, 4.69) is 29.8 Å². The quantitative estimate of drug-likeness (QED) is 0.204. The molecule has 3 aromatic rings. The Kier molecular flexibility index (Phi) is 11.1. The maximum absolute atomic E-state index is 13.9. The van der Waals surface area contributed by atoms with Gasteiger partial charge >= 0.3 is 0 Å². The summed E-state index contributed by atoms with van der Waals surface area (Å²) in [6.45, 7) is 4.83. The van der Waals surface area contributed by atoms with E-state index in [0.29, 0.717) is 81.0 Å². The van der Waals surface area contributed by atoms with Crippen molar-refractivity contribution in [2.24, 2.45) is 5.41 Å². The minimum atomic E-state index is -4.23. The van der Waals surface area contributed by atoms with Crippen LogP contribution in [-0.4, -0.2) is 142 Å². The molecule has 21 heteroatoms. The Morgan fingerprint density at radius 2 is 1.55 bits per heavy atom. The third kappa shape index (κ3) is 7.78. The maximum Gasteiger partial charge on any atom is 0.276 e. The molecule has 3 N–H and O–H groups in total. The zero-order valence-corrected chi connectivity index (χ0v) is 38.0. The number of pyridine rings is 1. The molecular formula is C44H55N9O10S2. The number of aliphatic hydroxyl groups is 1. The number of likely N-dealkylation sites (tertiary alicyclic amines) is 1. The molecule has 5 aliphatic heterocycles. The monoisotopic (exact) mass is 933 g/mol. The highest BCUT2D eigenvalue weighted by molar-refractivity contribution is 7.89. The summed E-state index contributed by atoms with van der Waals surface area (Å²) in [7, 11) is -7.84. The van der Waals surface area contributed by atoms with Crippen molar-refractivity contribution in [2.45, 2.75) is 131 Å². The smallest absolute Gasteiger partial charge is 0.276 e. The number of sulfonamides is 2. The number of fused-ring (bicyclic) bond motifs is 2. The molecule has 2 aromatic heterocycles. The fraction of sp³-hybridized carbons (Fsp3) is 0.614. The van der Waals surface area contributed by atoms with E-state index in [1.807, 2.05) is 6.07 Å². The van der Waals surface area contributed by atoms with Gasteiger partial charge in [-0.3, -0.25) is 38.8 Å². The summed E-state index contributed by atoms with van der Waals surface area (Å²) >= 11 is 0. The van der Waals surface area contributed by atoms with E-state index < -0.39 is 77.8 Å². The van der Waals surface area contributed by atoms with Gasteiger partial charge in [0.15, 0.2) is 0 Å². The summed E-state index contributed by atoms with van der Waals surface area (Å²) in [5.41, 5.74) is 0.0434. The van der Waals surface area contributed by atoms with E-state index in [1.165, 1.54) is 27.2 Å². The molecule has 1 spiro atoms. The van der Waals surface area contributed by atoms with Crippen molar-refractivity contribution >= 4 is 60.4 Å². The van der Waals surface area contributed by atoms with Gasteiger partial charge in [0.1, 0.15) is 11.7 Å².